The van der Waals surface area contributed by atoms with Gasteiger partial charge in [0.2, 0.25) is 0 Å². The molecule has 0 atom stereocenters. The lowest BCUT2D eigenvalue weighted by molar-refractivity contribution is 0.115. The number of amides is 2. The molecule has 0 unspecified atom stereocenters. The van der Waals surface area contributed by atoms with Gasteiger partial charge in [-0.15, -0.1) is 0 Å². The highest BCUT2D eigenvalue weighted by atomic mass is 35.5. The van der Waals surface area contributed by atoms with E-state index in [1.165, 1.54) is 11.3 Å². The zero-order valence-electron chi connectivity index (χ0n) is 16.1. The molecule has 152 valence electrons. The number of nitrogens with zero attached hydrogens (tertiary/aromatic N) is 2. The number of rotatable bonds is 5. The van der Waals surface area contributed by atoms with E-state index in [0.717, 1.165) is 23.1 Å². The number of ether oxygens (including phenoxy) is 2. The van der Waals surface area contributed by atoms with Gasteiger partial charge >= 0.3 is 6.03 Å². The number of nitrogens with one attached hydrogen (secondary N) is 1. The van der Waals surface area contributed by atoms with Crippen LogP contribution in [0.3, 0.4) is 0 Å². The number of benzene rings is 2. The minimum atomic E-state index is -0.123. The molecule has 3 aromatic rings. The minimum absolute atomic E-state index is 0.0362. The average Bonchev–Trinajstić information content (AvgIpc) is 3.14. The number of fused-ring (bicyclic) bond motifs is 1. The van der Waals surface area contributed by atoms with Crippen LogP contribution in [0.5, 0.6) is 10.9 Å². The third-order valence-electron chi connectivity index (χ3n) is 4.78. The highest BCUT2D eigenvalue weighted by Gasteiger charge is 2.25. The van der Waals surface area contributed by atoms with Gasteiger partial charge in [-0.2, -0.15) is 0 Å². The number of carbonyl (C=O) groups excluding carboxylic acids is 1. The van der Waals surface area contributed by atoms with Gasteiger partial charge < -0.3 is 19.7 Å². The number of thiazole rings is 1. The Kier molecular flexibility index (Phi) is 6.06. The number of halogens is 1. The second-order valence-corrected chi connectivity index (χ2v) is 8.13. The Labute approximate surface area is 178 Å². The molecule has 1 N–H and O–H groups in total. The van der Waals surface area contributed by atoms with E-state index in [9.17, 15) is 4.79 Å². The van der Waals surface area contributed by atoms with Crippen LogP contribution in [-0.2, 0) is 0 Å². The molecule has 1 aromatic heterocycles. The first-order chi connectivity index (χ1) is 14.1. The summed E-state index contributed by atoms with van der Waals surface area (Å²) in [4.78, 5) is 18.9. The molecule has 6 nitrogen and oxygen atoms in total. The number of likely N-dealkylation sites (tertiary alicyclic amines) is 1. The summed E-state index contributed by atoms with van der Waals surface area (Å²) in [5.41, 5.74) is 1.46. The monoisotopic (exact) mass is 431 g/mol. The first-order valence-corrected chi connectivity index (χ1v) is 10.8. The molecule has 0 spiro atoms. The Bertz CT molecular complexity index is 1000. The molecule has 2 heterocycles. The van der Waals surface area contributed by atoms with Gasteiger partial charge in [0, 0.05) is 25.9 Å². The molecular formula is C21H22ClN3O3S. The maximum Gasteiger partial charge on any atom is 0.321 e. The number of anilines is 1. The van der Waals surface area contributed by atoms with Gasteiger partial charge in [0.1, 0.15) is 17.4 Å². The fraction of sp³-hybridized carbons (Fsp3) is 0.333. The van der Waals surface area contributed by atoms with Crippen LogP contribution in [0.1, 0.15) is 19.8 Å². The minimum Gasteiger partial charge on any atom is -0.492 e. The summed E-state index contributed by atoms with van der Waals surface area (Å²) in [6.07, 6.45) is 1.54. The Morgan fingerprint density at radius 1 is 1.24 bits per heavy atom. The van der Waals surface area contributed by atoms with Gasteiger partial charge in [-0.3, -0.25) is 0 Å². The zero-order valence-corrected chi connectivity index (χ0v) is 17.6. The van der Waals surface area contributed by atoms with E-state index in [1.54, 1.807) is 4.90 Å². The molecule has 0 bridgehead atoms. The van der Waals surface area contributed by atoms with Crippen LogP contribution in [-0.4, -0.2) is 41.7 Å². The summed E-state index contributed by atoms with van der Waals surface area (Å²) in [6.45, 7) is 3.72. The van der Waals surface area contributed by atoms with E-state index in [4.69, 9.17) is 21.1 Å². The average molecular weight is 432 g/mol. The molecular weight excluding hydrogens is 410 g/mol. The molecule has 2 aromatic carbocycles. The zero-order chi connectivity index (χ0) is 20.2. The van der Waals surface area contributed by atoms with E-state index >= 15 is 0 Å². The maximum absolute atomic E-state index is 12.6. The molecule has 0 saturated carbocycles. The van der Waals surface area contributed by atoms with E-state index in [1.807, 2.05) is 49.4 Å². The first-order valence-electron chi connectivity index (χ1n) is 9.63. The highest BCUT2D eigenvalue weighted by Crippen LogP contribution is 2.33. The summed E-state index contributed by atoms with van der Waals surface area (Å²) in [7, 11) is 0. The highest BCUT2D eigenvalue weighted by molar-refractivity contribution is 7.20. The number of hydrogen-bond donors (Lipinski definition) is 1. The van der Waals surface area contributed by atoms with Crippen LogP contribution in [0.2, 0.25) is 5.02 Å². The molecule has 4 rings (SSSR count). The number of piperidine rings is 1. The first kappa shape index (κ1) is 19.8. The number of hydrogen-bond acceptors (Lipinski definition) is 5. The van der Waals surface area contributed by atoms with Gasteiger partial charge in [-0.1, -0.05) is 41.1 Å². The van der Waals surface area contributed by atoms with Crippen molar-refractivity contribution in [3.05, 3.63) is 47.5 Å². The van der Waals surface area contributed by atoms with Crippen molar-refractivity contribution >= 4 is 44.9 Å². The Hall–Kier alpha value is -2.51. The molecule has 1 aliphatic heterocycles. The van der Waals surface area contributed by atoms with E-state index in [2.05, 4.69) is 10.3 Å². The van der Waals surface area contributed by atoms with Crippen LogP contribution in [0.4, 0.5) is 10.5 Å². The number of carbonyl (C=O) groups is 1. The van der Waals surface area contributed by atoms with Crippen molar-refractivity contribution in [3.8, 4) is 10.9 Å². The van der Waals surface area contributed by atoms with E-state index in [-0.39, 0.29) is 12.1 Å². The van der Waals surface area contributed by atoms with Crippen LogP contribution in [0.25, 0.3) is 10.2 Å². The molecule has 0 radical (unpaired) electrons. The molecule has 0 aliphatic carbocycles. The predicted octanol–water partition coefficient (Wildman–Crippen LogP) is 5.42. The van der Waals surface area contributed by atoms with E-state index in [0.29, 0.717) is 41.3 Å². The summed E-state index contributed by atoms with van der Waals surface area (Å²) in [6, 6.07) is 13.1. The predicted molar refractivity (Wildman–Crippen MR) is 116 cm³/mol. The lowest BCUT2D eigenvalue weighted by Crippen LogP contribution is -2.43. The molecule has 2 amide bonds. The van der Waals surface area contributed by atoms with Crippen molar-refractivity contribution in [2.24, 2.45) is 0 Å². The van der Waals surface area contributed by atoms with Crippen LogP contribution in [0.15, 0.2) is 42.5 Å². The van der Waals surface area contributed by atoms with Crippen molar-refractivity contribution in [2.75, 3.05) is 25.0 Å². The quantitative estimate of drug-likeness (QED) is 0.585. The molecule has 1 fully saturated rings. The van der Waals surface area contributed by atoms with Crippen molar-refractivity contribution < 1.29 is 14.3 Å². The second kappa shape index (κ2) is 8.88. The van der Waals surface area contributed by atoms with Gasteiger partial charge in [-0.05, 0) is 31.2 Å². The van der Waals surface area contributed by atoms with Crippen LogP contribution < -0.4 is 14.8 Å². The smallest absolute Gasteiger partial charge is 0.321 e. The lowest BCUT2D eigenvalue weighted by atomic mass is 10.1. The van der Waals surface area contributed by atoms with Crippen molar-refractivity contribution in [1.29, 1.82) is 0 Å². The second-order valence-electron chi connectivity index (χ2n) is 6.73. The van der Waals surface area contributed by atoms with Crippen molar-refractivity contribution in [3.63, 3.8) is 0 Å². The third-order valence-corrected chi connectivity index (χ3v) is 5.99. The van der Waals surface area contributed by atoms with Gasteiger partial charge in [0.25, 0.3) is 5.19 Å². The molecule has 29 heavy (non-hydrogen) atoms. The van der Waals surface area contributed by atoms with E-state index < -0.39 is 0 Å². The fourth-order valence-corrected chi connectivity index (χ4v) is 4.49. The van der Waals surface area contributed by atoms with Crippen LogP contribution >= 0.6 is 22.9 Å². The summed E-state index contributed by atoms with van der Waals surface area (Å²) >= 11 is 7.69. The normalized spacial score (nSPS) is 14.8. The topological polar surface area (TPSA) is 63.7 Å². The molecule has 1 saturated heterocycles. The number of urea groups is 1. The van der Waals surface area contributed by atoms with Crippen LogP contribution in [0, 0.1) is 0 Å². The third kappa shape index (κ3) is 4.57. The summed E-state index contributed by atoms with van der Waals surface area (Å²) in [5.74, 6) is 0.677. The number of aromatic nitrogens is 1. The van der Waals surface area contributed by atoms with Crippen molar-refractivity contribution in [1.82, 2.24) is 9.88 Å². The largest absolute Gasteiger partial charge is 0.492 e. The van der Waals surface area contributed by atoms with Crippen molar-refractivity contribution in [2.45, 2.75) is 25.9 Å². The maximum atomic E-state index is 12.6. The molecule has 8 heteroatoms. The lowest BCUT2D eigenvalue weighted by Gasteiger charge is -2.31. The number of para-hydroxylation sites is 3. The standard InChI is InChI=1S/C21H22ClN3O3S/c1-2-27-17-8-4-3-7-16(17)23-20(26)25-12-10-14(11-13-25)28-21-24-19-15(22)6-5-9-18(19)29-21/h3-9,14H,2,10-13H2,1H3,(H,23,26). The Morgan fingerprint density at radius 2 is 2.03 bits per heavy atom. The SMILES string of the molecule is CCOc1ccccc1NC(=O)N1CCC(Oc2nc3c(Cl)cccc3s2)CC1. The van der Waals surface area contributed by atoms with Gasteiger partial charge in [-0.25, -0.2) is 9.78 Å². The Balaban J connectivity index is 1.33. The van der Waals surface area contributed by atoms with Gasteiger partial charge in [0.05, 0.1) is 22.0 Å². The fourth-order valence-electron chi connectivity index (χ4n) is 3.31. The van der Waals surface area contributed by atoms with Gasteiger partial charge in [0.15, 0.2) is 0 Å². The molecule has 1 aliphatic rings. The summed E-state index contributed by atoms with van der Waals surface area (Å²) < 4.78 is 12.6. The summed E-state index contributed by atoms with van der Waals surface area (Å²) in [5, 5.41) is 4.21. The Morgan fingerprint density at radius 3 is 2.79 bits per heavy atom.